The Labute approximate surface area is 101 Å². The predicted molar refractivity (Wildman–Crippen MR) is 68.5 cm³/mol. The lowest BCUT2D eigenvalue weighted by Gasteiger charge is -2.05. The summed E-state index contributed by atoms with van der Waals surface area (Å²) in [4.78, 5) is 3.94. The van der Waals surface area contributed by atoms with Gasteiger partial charge in [-0.2, -0.15) is 0 Å². The minimum Gasteiger partial charge on any atom is -0.384 e. The Hall–Kier alpha value is -1.87. The van der Waals surface area contributed by atoms with Crippen molar-refractivity contribution in [3.8, 4) is 0 Å². The smallest absolute Gasteiger partial charge is 0.123 e. The minimum atomic E-state index is 0.536. The molecule has 2 N–H and O–H groups in total. The van der Waals surface area contributed by atoms with Gasteiger partial charge in [0.05, 0.1) is 13.2 Å². The molecular formula is C14H16N2O. The molecule has 1 aromatic carbocycles. The molecule has 88 valence electrons. The van der Waals surface area contributed by atoms with Crippen molar-refractivity contribution in [3.05, 3.63) is 59.8 Å². The van der Waals surface area contributed by atoms with Crippen LogP contribution >= 0.6 is 0 Å². The number of hydrogen-bond donors (Lipinski definition) is 1. The van der Waals surface area contributed by atoms with Crippen LogP contribution in [0.15, 0.2) is 48.7 Å². The van der Waals surface area contributed by atoms with Gasteiger partial charge < -0.3 is 10.5 Å². The van der Waals surface area contributed by atoms with Gasteiger partial charge in [0.25, 0.3) is 0 Å². The van der Waals surface area contributed by atoms with Crippen LogP contribution < -0.4 is 5.73 Å². The van der Waals surface area contributed by atoms with Gasteiger partial charge in [-0.3, -0.25) is 0 Å². The molecule has 0 fully saturated rings. The Morgan fingerprint density at radius 1 is 1.06 bits per heavy atom. The van der Waals surface area contributed by atoms with E-state index in [0.29, 0.717) is 19.0 Å². The molecule has 0 aliphatic heterocycles. The Balaban J connectivity index is 1.73. The van der Waals surface area contributed by atoms with Gasteiger partial charge in [-0.25, -0.2) is 4.98 Å². The number of ether oxygens (including phenoxy) is 1. The van der Waals surface area contributed by atoms with Crippen LogP contribution in [-0.2, 0) is 17.8 Å². The summed E-state index contributed by atoms with van der Waals surface area (Å²) in [5.74, 6) is 0.536. The highest BCUT2D eigenvalue weighted by atomic mass is 16.5. The van der Waals surface area contributed by atoms with Crippen LogP contribution in [0.5, 0.6) is 0 Å². The lowest BCUT2D eigenvalue weighted by Crippen LogP contribution is -2.00. The van der Waals surface area contributed by atoms with E-state index in [1.807, 2.05) is 30.3 Å². The summed E-state index contributed by atoms with van der Waals surface area (Å²) >= 11 is 0. The molecule has 1 aromatic heterocycles. The fraction of sp³-hybridized carbons (Fsp3) is 0.214. The zero-order valence-electron chi connectivity index (χ0n) is 9.67. The molecular weight excluding hydrogens is 212 g/mol. The second-order valence-corrected chi connectivity index (χ2v) is 3.88. The maximum Gasteiger partial charge on any atom is 0.123 e. The summed E-state index contributed by atoms with van der Waals surface area (Å²) in [5.41, 5.74) is 7.94. The van der Waals surface area contributed by atoms with Crippen molar-refractivity contribution in [1.29, 1.82) is 0 Å². The SMILES string of the molecule is Nc1cc(COCCc2ccccc2)ccn1. The fourth-order valence-electron chi connectivity index (χ4n) is 1.61. The van der Waals surface area contributed by atoms with Crippen LogP contribution in [0.2, 0.25) is 0 Å². The maximum absolute atomic E-state index is 5.60. The first kappa shape index (κ1) is 11.6. The van der Waals surface area contributed by atoms with Crippen molar-refractivity contribution in [2.75, 3.05) is 12.3 Å². The molecule has 1 heterocycles. The Kier molecular flexibility index (Phi) is 4.11. The number of anilines is 1. The number of nitrogen functional groups attached to an aromatic ring is 1. The molecule has 0 amide bonds. The maximum atomic E-state index is 5.60. The molecule has 0 saturated heterocycles. The molecule has 0 atom stereocenters. The number of pyridine rings is 1. The van der Waals surface area contributed by atoms with E-state index in [0.717, 1.165) is 12.0 Å². The summed E-state index contributed by atoms with van der Waals surface area (Å²) in [6.45, 7) is 1.30. The lowest BCUT2D eigenvalue weighted by atomic mass is 10.2. The molecule has 0 aliphatic rings. The Morgan fingerprint density at radius 3 is 2.65 bits per heavy atom. The van der Waals surface area contributed by atoms with Crippen LogP contribution in [0, 0.1) is 0 Å². The van der Waals surface area contributed by atoms with E-state index in [1.165, 1.54) is 5.56 Å². The van der Waals surface area contributed by atoms with Crippen molar-refractivity contribution < 1.29 is 4.74 Å². The summed E-state index contributed by atoms with van der Waals surface area (Å²) in [6, 6.07) is 14.1. The number of nitrogens with zero attached hydrogens (tertiary/aromatic N) is 1. The van der Waals surface area contributed by atoms with Crippen LogP contribution in [0.25, 0.3) is 0 Å². The lowest BCUT2D eigenvalue weighted by molar-refractivity contribution is 0.124. The summed E-state index contributed by atoms with van der Waals surface area (Å²) < 4.78 is 5.60. The number of aromatic nitrogens is 1. The molecule has 0 unspecified atom stereocenters. The molecule has 0 bridgehead atoms. The van der Waals surface area contributed by atoms with E-state index in [-0.39, 0.29) is 0 Å². The van der Waals surface area contributed by atoms with E-state index in [1.54, 1.807) is 6.20 Å². The Morgan fingerprint density at radius 2 is 1.88 bits per heavy atom. The third kappa shape index (κ3) is 3.89. The third-order valence-electron chi connectivity index (χ3n) is 2.49. The first-order chi connectivity index (χ1) is 8.34. The molecule has 0 aliphatic carbocycles. The monoisotopic (exact) mass is 228 g/mol. The summed E-state index contributed by atoms with van der Waals surface area (Å²) in [5, 5.41) is 0. The number of rotatable bonds is 5. The average Bonchev–Trinajstić information content (AvgIpc) is 2.36. The zero-order chi connectivity index (χ0) is 11.9. The fourth-order valence-corrected chi connectivity index (χ4v) is 1.61. The zero-order valence-corrected chi connectivity index (χ0v) is 9.67. The van der Waals surface area contributed by atoms with Gasteiger partial charge in [0, 0.05) is 6.20 Å². The number of nitrogens with two attached hydrogens (primary N) is 1. The van der Waals surface area contributed by atoms with Crippen molar-refractivity contribution >= 4 is 5.82 Å². The van der Waals surface area contributed by atoms with Crippen molar-refractivity contribution in [3.63, 3.8) is 0 Å². The van der Waals surface area contributed by atoms with Crippen LogP contribution in [0.3, 0.4) is 0 Å². The van der Waals surface area contributed by atoms with Crippen molar-refractivity contribution in [2.45, 2.75) is 13.0 Å². The van der Waals surface area contributed by atoms with Gasteiger partial charge >= 0.3 is 0 Å². The van der Waals surface area contributed by atoms with E-state index >= 15 is 0 Å². The van der Waals surface area contributed by atoms with Crippen molar-refractivity contribution in [1.82, 2.24) is 4.98 Å². The average molecular weight is 228 g/mol. The van der Waals surface area contributed by atoms with Crippen LogP contribution in [0.4, 0.5) is 5.82 Å². The number of benzene rings is 1. The Bertz CT molecular complexity index is 457. The van der Waals surface area contributed by atoms with Gasteiger partial charge in [0.2, 0.25) is 0 Å². The van der Waals surface area contributed by atoms with Crippen LogP contribution in [-0.4, -0.2) is 11.6 Å². The molecule has 2 aromatic rings. The third-order valence-corrected chi connectivity index (χ3v) is 2.49. The van der Waals surface area contributed by atoms with Gasteiger partial charge in [0.15, 0.2) is 0 Å². The van der Waals surface area contributed by atoms with Crippen molar-refractivity contribution in [2.24, 2.45) is 0 Å². The summed E-state index contributed by atoms with van der Waals surface area (Å²) in [6.07, 6.45) is 2.63. The molecule has 17 heavy (non-hydrogen) atoms. The van der Waals surface area contributed by atoms with Gasteiger partial charge in [-0.1, -0.05) is 30.3 Å². The normalized spacial score (nSPS) is 10.4. The first-order valence-electron chi connectivity index (χ1n) is 5.66. The minimum absolute atomic E-state index is 0.536. The second-order valence-electron chi connectivity index (χ2n) is 3.88. The first-order valence-corrected chi connectivity index (χ1v) is 5.66. The van der Waals surface area contributed by atoms with Gasteiger partial charge in [0.1, 0.15) is 5.82 Å². The van der Waals surface area contributed by atoms with E-state index in [2.05, 4.69) is 17.1 Å². The largest absolute Gasteiger partial charge is 0.384 e. The van der Waals surface area contributed by atoms with Crippen LogP contribution in [0.1, 0.15) is 11.1 Å². The number of hydrogen-bond acceptors (Lipinski definition) is 3. The van der Waals surface area contributed by atoms with E-state index in [9.17, 15) is 0 Å². The summed E-state index contributed by atoms with van der Waals surface area (Å²) in [7, 11) is 0. The topological polar surface area (TPSA) is 48.1 Å². The van der Waals surface area contributed by atoms with Gasteiger partial charge in [-0.15, -0.1) is 0 Å². The highest BCUT2D eigenvalue weighted by Gasteiger charge is 1.96. The van der Waals surface area contributed by atoms with E-state index in [4.69, 9.17) is 10.5 Å². The molecule has 0 radical (unpaired) electrons. The second kappa shape index (κ2) is 6.01. The predicted octanol–water partition coefficient (Wildman–Crippen LogP) is 2.42. The van der Waals surface area contributed by atoms with E-state index < -0.39 is 0 Å². The molecule has 2 rings (SSSR count). The molecule has 0 spiro atoms. The van der Waals surface area contributed by atoms with Gasteiger partial charge in [-0.05, 0) is 29.7 Å². The molecule has 3 nitrogen and oxygen atoms in total. The quantitative estimate of drug-likeness (QED) is 0.799. The standard InChI is InChI=1S/C14H16N2O/c15-14-10-13(6-8-16-14)11-17-9-7-12-4-2-1-3-5-12/h1-6,8,10H,7,9,11H2,(H2,15,16). The highest BCUT2D eigenvalue weighted by Crippen LogP contribution is 2.05. The molecule has 0 saturated carbocycles. The molecule has 3 heteroatoms. The highest BCUT2D eigenvalue weighted by molar-refractivity contribution is 5.31.